The highest BCUT2D eigenvalue weighted by Crippen LogP contribution is 2.01. The van der Waals surface area contributed by atoms with Gasteiger partial charge in [-0.3, -0.25) is 4.79 Å². The van der Waals surface area contributed by atoms with Gasteiger partial charge in [-0.15, -0.1) is 0 Å². The molecule has 1 atom stereocenters. The van der Waals surface area contributed by atoms with Crippen LogP contribution < -0.4 is 10.6 Å². The quantitative estimate of drug-likeness (QED) is 0.659. The monoisotopic (exact) mass is 227 g/mol. The van der Waals surface area contributed by atoms with Crippen molar-refractivity contribution < 1.29 is 9.53 Å². The molecule has 2 aliphatic rings. The van der Waals surface area contributed by atoms with Crippen LogP contribution in [0.3, 0.4) is 0 Å². The van der Waals surface area contributed by atoms with Crippen molar-refractivity contribution in [1.82, 2.24) is 15.5 Å². The van der Waals surface area contributed by atoms with Gasteiger partial charge in [0.05, 0.1) is 13.2 Å². The maximum absolute atomic E-state index is 11.8. The lowest BCUT2D eigenvalue weighted by atomic mass is 10.2. The molecule has 2 heterocycles. The van der Waals surface area contributed by atoms with Gasteiger partial charge in [0.15, 0.2) is 0 Å². The molecule has 5 nitrogen and oxygen atoms in total. The first-order valence-electron chi connectivity index (χ1n) is 6.16. The van der Waals surface area contributed by atoms with Crippen LogP contribution in [0.4, 0.5) is 0 Å². The SMILES string of the molecule is O=C(CCNC1CCNC1)N1CCOCC1. The van der Waals surface area contributed by atoms with Crippen molar-refractivity contribution in [3.63, 3.8) is 0 Å². The van der Waals surface area contributed by atoms with E-state index in [9.17, 15) is 4.79 Å². The molecule has 1 amide bonds. The van der Waals surface area contributed by atoms with Crippen molar-refractivity contribution in [2.75, 3.05) is 45.9 Å². The highest BCUT2D eigenvalue weighted by molar-refractivity contribution is 5.76. The first-order chi connectivity index (χ1) is 7.86. The molecule has 92 valence electrons. The zero-order chi connectivity index (χ0) is 11.2. The number of rotatable bonds is 4. The van der Waals surface area contributed by atoms with E-state index >= 15 is 0 Å². The van der Waals surface area contributed by atoms with Crippen LogP contribution in [-0.4, -0.2) is 62.8 Å². The van der Waals surface area contributed by atoms with E-state index in [1.54, 1.807) is 0 Å². The minimum atomic E-state index is 0.252. The Balaban J connectivity index is 1.59. The zero-order valence-electron chi connectivity index (χ0n) is 9.71. The van der Waals surface area contributed by atoms with E-state index in [-0.39, 0.29) is 5.91 Å². The Morgan fingerprint density at radius 1 is 1.44 bits per heavy atom. The largest absolute Gasteiger partial charge is 0.378 e. The van der Waals surface area contributed by atoms with Gasteiger partial charge in [0.1, 0.15) is 0 Å². The van der Waals surface area contributed by atoms with Gasteiger partial charge in [0.2, 0.25) is 5.91 Å². The van der Waals surface area contributed by atoms with E-state index < -0.39 is 0 Å². The maximum atomic E-state index is 11.8. The number of carbonyl (C=O) groups excluding carboxylic acids is 1. The van der Waals surface area contributed by atoms with Gasteiger partial charge in [-0.2, -0.15) is 0 Å². The summed E-state index contributed by atoms with van der Waals surface area (Å²) in [4.78, 5) is 13.7. The first kappa shape index (κ1) is 11.8. The molecule has 2 rings (SSSR count). The fraction of sp³-hybridized carbons (Fsp3) is 0.909. The lowest BCUT2D eigenvalue weighted by Crippen LogP contribution is -2.42. The van der Waals surface area contributed by atoms with Crippen LogP contribution in [0.15, 0.2) is 0 Å². The summed E-state index contributed by atoms with van der Waals surface area (Å²) in [6.45, 7) is 5.80. The molecule has 0 spiro atoms. The molecule has 0 bridgehead atoms. The lowest BCUT2D eigenvalue weighted by Gasteiger charge is -2.27. The molecule has 0 aromatic carbocycles. The third-order valence-electron chi connectivity index (χ3n) is 3.20. The highest BCUT2D eigenvalue weighted by Gasteiger charge is 2.17. The molecule has 0 aliphatic carbocycles. The van der Waals surface area contributed by atoms with E-state index in [2.05, 4.69) is 10.6 Å². The molecule has 2 saturated heterocycles. The smallest absolute Gasteiger partial charge is 0.224 e. The van der Waals surface area contributed by atoms with Crippen molar-refractivity contribution in [3.8, 4) is 0 Å². The van der Waals surface area contributed by atoms with E-state index in [0.717, 1.165) is 32.7 Å². The third kappa shape index (κ3) is 3.43. The molecule has 1 unspecified atom stereocenters. The second-order valence-corrected chi connectivity index (χ2v) is 4.39. The van der Waals surface area contributed by atoms with Gasteiger partial charge in [-0.05, 0) is 13.0 Å². The van der Waals surface area contributed by atoms with Crippen LogP contribution in [0, 0.1) is 0 Å². The number of amides is 1. The molecule has 0 aromatic heterocycles. The van der Waals surface area contributed by atoms with Crippen molar-refractivity contribution in [2.45, 2.75) is 18.9 Å². The van der Waals surface area contributed by atoms with Crippen molar-refractivity contribution in [2.24, 2.45) is 0 Å². The first-order valence-corrected chi connectivity index (χ1v) is 6.16. The third-order valence-corrected chi connectivity index (χ3v) is 3.20. The Morgan fingerprint density at radius 2 is 2.25 bits per heavy atom. The molecular weight excluding hydrogens is 206 g/mol. The second-order valence-electron chi connectivity index (χ2n) is 4.39. The second kappa shape index (κ2) is 6.18. The summed E-state index contributed by atoms with van der Waals surface area (Å²) < 4.78 is 5.22. The molecule has 0 radical (unpaired) electrons. The van der Waals surface area contributed by atoms with E-state index in [4.69, 9.17) is 4.74 Å². The fourth-order valence-corrected chi connectivity index (χ4v) is 2.18. The summed E-state index contributed by atoms with van der Waals surface area (Å²) in [7, 11) is 0. The Kier molecular flexibility index (Phi) is 4.56. The van der Waals surface area contributed by atoms with Crippen LogP contribution in [0.5, 0.6) is 0 Å². The average Bonchev–Trinajstić information content (AvgIpc) is 2.83. The van der Waals surface area contributed by atoms with E-state index in [0.29, 0.717) is 25.7 Å². The van der Waals surface area contributed by atoms with Gasteiger partial charge in [-0.25, -0.2) is 0 Å². The minimum Gasteiger partial charge on any atom is -0.378 e. The predicted octanol–water partition coefficient (Wildman–Crippen LogP) is -0.813. The Labute approximate surface area is 96.5 Å². The zero-order valence-corrected chi connectivity index (χ0v) is 9.71. The summed E-state index contributed by atoms with van der Waals surface area (Å²) >= 11 is 0. The van der Waals surface area contributed by atoms with Crippen molar-refractivity contribution in [1.29, 1.82) is 0 Å². The molecule has 16 heavy (non-hydrogen) atoms. The van der Waals surface area contributed by atoms with Gasteiger partial charge in [0.25, 0.3) is 0 Å². The van der Waals surface area contributed by atoms with Gasteiger partial charge in [0, 0.05) is 38.6 Å². The minimum absolute atomic E-state index is 0.252. The molecule has 2 fully saturated rings. The number of nitrogens with one attached hydrogen (secondary N) is 2. The van der Waals surface area contributed by atoms with Crippen LogP contribution in [-0.2, 0) is 9.53 Å². The van der Waals surface area contributed by atoms with E-state index in [1.807, 2.05) is 4.90 Å². The van der Waals surface area contributed by atoms with Crippen molar-refractivity contribution >= 4 is 5.91 Å². The molecule has 2 N–H and O–H groups in total. The summed E-state index contributed by atoms with van der Waals surface area (Å²) in [5.74, 6) is 0.252. The summed E-state index contributed by atoms with van der Waals surface area (Å²) in [5, 5.41) is 6.71. The van der Waals surface area contributed by atoms with Crippen molar-refractivity contribution in [3.05, 3.63) is 0 Å². The molecule has 5 heteroatoms. The lowest BCUT2D eigenvalue weighted by molar-refractivity contribution is -0.135. The fourth-order valence-electron chi connectivity index (χ4n) is 2.18. The van der Waals surface area contributed by atoms with Gasteiger partial charge < -0.3 is 20.3 Å². The number of morpholine rings is 1. The van der Waals surface area contributed by atoms with Crippen LogP contribution in [0.25, 0.3) is 0 Å². The Bertz CT molecular complexity index is 223. The Morgan fingerprint density at radius 3 is 2.94 bits per heavy atom. The molecule has 0 aromatic rings. The normalized spacial score (nSPS) is 26.0. The van der Waals surface area contributed by atoms with Gasteiger partial charge in [-0.1, -0.05) is 0 Å². The molecule has 2 aliphatic heterocycles. The number of carbonyl (C=O) groups is 1. The topological polar surface area (TPSA) is 53.6 Å². The number of ether oxygens (including phenoxy) is 1. The standard InChI is InChI=1S/C11H21N3O2/c15-11(14-5-7-16-8-6-14)2-4-13-10-1-3-12-9-10/h10,12-13H,1-9H2. The predicted molar refractivity (Wildman–Crippen MR) is 61.3 cm³/mol. The number of hydrogen-bond acceptors (Lipinski definition) is 4. The van der Waals surface area contributed by atoms with Crippen LogP contribution in [0.1, 0.15) is 12.8 Å². The molecule has 0 saturated carbocycles. The molecular formula is C11H21N3O2. The van der Waals surface area contributed by atoms with Crippen LogP contribution >= 0.6 is 0 Å². The summed E-state index contributed by atoms with van der Waals surface area (Å²) in [6, 6.07) is 0.553. The van der Waals surface area contributed by atoms with E-state index in [1.165, 1.54) is 6.42 Å². The maximum Gasteiger partial charge on any atom is 0.224 e. The number of nitrogens with zero attached hydrogens (tertiary/aromatic N) is 1. The summed E-state index contributed by atoms with van der Waals surface area (Å²) in [6.07, 6.45) is 1.78. The highest BCUT2D eigenvalue weighted by atomic mass is 16.5. The average molecular weight is 227 g/mol. The Hall–Kier alpha value is -0.650. The van der Waals surface area contributed by atoms with Gasteiger partial charge >= 0.3 is 0 Å². The summed E-state index contributed by atoms with van der Waals surface area (Å²) in [5.41, 5.74) is 0. The van der Waals surface area contributed by atoms with Crippen LogP contribution in [0.2, 0.25) is 0 Å². The number of hydrogen-bond donors (Lipinski definition) is 2.